The topological polar surface area (TPSA) is 52.6 Å². The molecule has 1 atom stereocenters. The van der Waals surface area contributed by atoms with Gasteiger partial charge in [-0.2, -0.15) is 0 Å². The first-order valence-electron chi connectivity index (χ1n) is 15.6. The van der Waals surface area contributed by atoms with E-state index in [1.54, 1.807) is 0 Å². The molecule has 45 heavy (non-hydrogen) atoms. The molecular formula is C41H44O4. The Morgan fingerprint density at radius 1 is 0.667 bits per heavy atom. The number of esters is 2. The number of rotatable bonds is 13. The number of fused-ring (bicyclic) bond motifs is 1. The molecule has 232 valence electrons. The minimum Gasteiger partial charge on any atom is -0.424 e. The molecule has 0 aliphatic heterocycles. The van der Waals surface area contributed by atoms with Crippen molar-refractivity contribution in [3.63, 3.8) is 0 Å². The summed E-state index contributed by atoms with van der Waals surface area (Å²) in [4.78, 5) is 23.7. The van der Waals surface area contributed by atoms with Crippen LogP contribution >= 0.6 is 0 Å². The van der Waals surface area contributed by atoms with Crippen LogP contribution in [-0.2, 0) is 31.9 Å². The highest BCUT2D eigenvalue weighted by Crippen LogP contribution is 2.35. The molecule has 0 fully saturated rings. The third-order valence-corrected chi connectivity index (χ3v) is 8.11. The molecule has 4 heteroatoms. The average Bonchev–Trinajstić information content (AvgIpc) is 3.26. The Bertz CT molecular complexity index is 1670. The van der Waals surface area contributed by atoms with Gasteiger partial charge < -0.3 is 9.47 Å². The van der Waals surface area contributed by atoms with E-state index in [0.717, 1.165) is 38.5 Å². The van der Waals surface area contributed by atoms with E-state index in [1.807, 2.05) is 36.5 Å². The van der Waals surface area contributed by atoms with Gasteiger partial charge in [0, 0.05) is 23.0 Å². The van der Waals surface area contributed by atoms with Crippen LogP contribution in [0.2, 0.25) is 0 Å². The Kier molecular flexibility index (Phi) is 11.0. The number of aryl methyl sites for hydroxylation is 2. The molecule has 0 bridgehead atoms. The van der Waals surface area contributed by atoms with Gasteiger partial charge in [-0.25, -0.2) is 9.59 Å². The number of carbonyl (C=O) groups is 2. The molecule has 4 nitrogen and oxygen atoms in total. The monoisotopic (exact) mass is 600 g/mol. The fraction of sp³-hybridized carbons (Fsp3) is 0.268. The molecule has 2 aliphatic carbocycles. The van der Waals surface area contributed by atoms with Crippen LogP contribution in [-0.4, -0.2) is 11.9 Å². The van der Waals surface area contributed by atoms with E-state index in [4.69, 9.17) is 9.47 Å². The number of carbonyl (C=O) groups excluding carboxylic acids is 2. The number of allylic oxidation sites excluding steroid dienone is 11. The van der Waals surface area contributed by atoms with Gasteiger partial charge in [0.15, 0.2) is 0 Å². The first-order chi connectivity index (χ1) is 21.5. The summed E-state index contributed by atoms with van der Waals surface area (Å²) >= 11 is 0. The van der Waals surface area contributed by atoms with Crippen molar-refractivity contribution in [2.24, 2.45) is 10.8 Å². The summed E-state index contributed by atoms with van der Waals surface area (Å²) < 4.78 is 10.9. The van der Waals surface area contributed by atoms with E-state index in [0.29, 0.717) is 11.5 Å². The summed E-state index contributed by atoms with van der Waals surface area (Å²) in [5, 5.41) is 2.54. The quantitative estimate of drug-likeness (QED) is 0.130. The van der Waals surface area contributed by atoms with Crippen LogP contribution in [0.3, 0.4) is 0 Å². The maximum atomic E-state index is 11.9. The van der Waals surface area contributed by atoms with Crippen LogP contribution < -0.4 is 0 Å². The molecule has 2 aromatic carbocycles. The molecule has 0 saturated heterocycles. The molecule has 0 heterocycles. The summed E-state index contributed by atoms with van der Waals surface area (Å²) in [5.41, 5.74) is 4.49. The lowest BCUT2D eigenvalue weighted by molar-refractivity contribution is -0.134. The van der Waals surface area contributed by atoms with E-state index < -0.39 is 11.9 Å². The van der Waals surface area contributed by atoms with Crippen LogP contribution in [0.15, 0.2) is 146 Å². The standard InChI is InChI=1S/C41H44O4/c1-7-10-25-41(6)27-31(20-24-35(29-41)45-39(43)9-3)18-22-33-14-12-15-36-32(13-11-16-37(33)36)21-17-30-19-23-34(44-38(42)8-2)28-40(4,5)26-30/h7-9,11-16,19-20,23-24,26-29H,1-3,10,17-18,21-22,25H2,4-6H3. The molecule has 0 saturated carbocycles. The van der Waals surface area contributed by atoms with Gasteiger partial charge in [-0.1, -0.05) is 112 Å². The van der Waals surface area contributed by atoms with Crippen molar-refractivity contribution in [3.05, 3.63) is 157 Å². The summed E-state index contributed by atoms with van der Waals surface area (Å²) in [6.45, 7) is 17.3. The second-order valence-electron chi connectivity index (χ2n) is 12.5. The number of ether oxygens (including phenoxy) is 2. The van der Waals surface area contributed by atoms with Crippen molar-refractivity contribution in [1.29, 1.82) is 0 Å². The van der Waals surface area contributed by atoms with E-state index in [-0.39, 0.29) is 10.8 Å². The first kappa shape index (κ1) is 33.2. The number of benzene rings is 2. The summed E-state index contributed by atoms with van der Waals surface area (Å²) in [6.07, 6.45) is 25.9. The second-order valence-corrected chi connectivity index (χ2v) is 12.5. The average molecular weight is 601 g/mol. The van der Waals surface area contributed by atoms with Crippen molar-refractivity contribution in [2.75, 3.05) is 0 Å². The van der Waals surface area contributed by atoms with Gasteiger partial charge in [0.1, 0.15) is 11.5 Å². The highest BCUT2D eigenvalue weighted by molar-refractivity contribution is 5.89. The van der Waals surface area contributed by atoms with E-state index in [9.17, 15) is 9.59 Å². The van der Waals surface area contributed by atoms with Crippen LogP contribution in [0.25, 0.3) is 10.8 Å². The van der Waals surface area contributed by atoms with Gasteiger partial charge in [-0.05, 0) is 84.7 Å². The molecule has 2 aliphatic rings. The fourth-order valence-corrected chi connectivity index (χ4v) is 5.99. The third kappa shape index (κ3) is 9.39. The third-order valence-electron chi connectivity index (χ3n) is 8.11. The van der Waals surface area contributed by atoms with Gasteiger partial charge in [0.05, 0.1) is 0 Å². The lowest BCUT2D eigenvalue weighted by atomic mass is 9.82. The molecule has 0 amide bonds. The van der Waals surface area contributed by atoms with Gasteiger partial charge in [-0.15, -0.1) is 6.58 Å². The molecule has 0 N–H and O–H groups in total. The Balaban J connectivity index is 1.51. The van der Waals surface area contributed by atoms with Crippen LogP contribution in [0.4, 0.5) is 0 Å². The summed E-state index contributed by atoms with van der Waals surface area (Å²) in [7, 11) is 0. The zero-order chi connectivity index (χ0) is 32.5. The van der Waals surface area contributed by atoms with Crippen molar-refractivity contribution >= 4 is 22.7 Å². The van der Waals surface area contributed by atoms with Crippen molar-refractivity contribution in [1.82, 2.24) is 0 Å². The molecule has 4 rings (SSSR count). The molecule has 0 aromatic heterocycles. The Hall–Kier alpha value is -4.70. The minimum absolute atomic E-state index is 0.256. The van der Waals surface area contributed by atoms with Crippen molar-refractivity contribution in [3.8, 4) is 0 Å². The minimum atomic E-state index is -0.461. The van der Waals surface area contributed by atoms with Gasteiger partial charge in [0.2, 0.25) is 0 Å². The van der Waals surface area contributed by atoms with E-state index in [1.165, 1.54) is 45.2 Å². The molecule has 1 unspecified atom stereocenters. The first-order valence-corrected chi connectivity index (χ1v) is 15.6. The number of hydrogen-bond donors (Lipinski definition) is 0. The van der Waals surface area contributed by atoms with Crippen LogP contribution in [0.1, 0.15) is 57.6 Å². The lowest BCUT2D eigenvalue weighted by Gasteiger charge is -2.22. The Morgan fingerprint density at radius 2 is 1.18 bits per heavy atom. The molecular weight excluding hydrogens is 556 g/mol. The molecule has 0 spiro atoms. The zero-order valence-corrected chi connectivity index (χ0v) is 26.8. The smallest absolute Gasteiger partial charge is 0.335 e. The summed E-state index contributed by atoms with van der Waals surface area (Å²) in [5.74, 6) is 0.160. The predicted octanol–water partition coefficient (Wildman–Crippen LogP) is 9.92. The van der Waals surface area contributed by atoms with Gasteiger partial charge in [-0.3, -0.25) is 0 Å². The van der Waals surface area contributed by atoms with Crippen molar-refractivity contribution in [2.45, 2.75) is 59.3 Å². The maximum Gasteiger partial charge on any atom is 0.335 e. The van der Waals surface area contributed by atoms with Gasteiger partial charge >= 0.3 is 11.9 Å². The molecule has 2 aromatic rings. The maximum absolute atomic E-state index is 11.9. The lowest BCUT2D eigenvalue weighted by Crippen LogP contribution is -2.12. The number of hydrogen-bond acceptors (Lipinski definition) is 4. The van der Waals surface area contributed by atoms with E-state index >= 15 is 0 Å². The van der Waals surface area contributed by atoms with Crippen LogP contribution in [0.5, 0.6) is 0 Å². The normalized spacial score (nSPS) is 18.8. The largest absolute Gasteiger partial charge is 0.424 e. The predicted molar refractivity (Wildman–Crippen MR) is 185 cm³/mol. The highest BCUT2D eigenvalue weighted by atomic mass is 16.5. The van der Waals surface area contributed by atoms with E-state index in [2.05, 4.69) is 95.1 Å². The molecule has 0 radical (unpaired) electrons. The summed E-state index contributed by atoms with van der Waals surface area (Å²) in [6, 6.07) is 13.2. The second kappa shape index (κ2) is 14.9. The Labute approximate surface area is 268 Å². The van der Waals surface area contributed by atoms with Crippen molar-refractivity contribution < 1.29 is 19.1 Å². The van der Waals surface area contributed by atoms with Gasteiger partial charge in [0.25, 0.3) is 0 Å². The highest BCUT2D eigenvalue weighted by Gasteiger charge is 2.23. The zero-order valence-electron chi connectivity index (χ0n) is 26.8. The SMILES string of the molecule is C=CCCC1(C)C=C(CCc2cccc3c(CCC4=CC(C)(C)C=C(OC(=O)C=C)C=C4)cccc23)C=CC(OC(=O)C=C)=C1. The Morgan fingerprint density at radius 3 is 1.69 bits per heavy atom. The fourth-order valence-electron chi connectivity index (χ4n) is 5.99. The van der Waals surface area contributed by atoms with Crippen LogP contribution in [0, 0.1) is 10.8 Å².